The van der Waals surface area contributed by atoms with E-state index >= 15 is 0 Å². The van der Waals surface area contributed by atoms with Crippen LogP contribution in [0.4, 0.5) is 0 Å². The van der Waals surface area contributed by atoms with Crippen LogP contribution in [0.1, 0.15) is 27.3 Å². The molecule has 6 heteroatoms. The second-order valence-electron chi connectivity index (χ2n) is 5.23. The zero-order valence-corrected chi connectivity index (χ0v) is 13.5. The normalized spacial score (nSPS) is 11.3. The molecule has 1 amide bonds. The first-order valence-corrected chi connectivity index (χ1v) is 7.46. The van der Waals surface area contributed by atoms with Gasteiger partial charge in [0.05, 0.1) is 11.9 Å². The first kappa shape index (κ1) is 15.2. The van der Waals surface area contributed by atoms with Crippen molar-refractivity contribution in [3.8, 4) is 0 Å². The highest BCUT2D eigenvalue weighted by Gasteiger charge is 2.15. The number of nitrogens with zero attached hydrogens (tertiary/aromatic N) is 3. The lowest BCUT2D eigenvalue weighted by Crippen LogP contribution is -2.20. The van der Waals surface area contributed by atoms with E-state index in [9.17, 15) is 4.79 Å². The SMILES string of the molecule is Cc1ccc2nc(C)c(C(=O)N/N=C\c3ccc(Cl)cc3)n2c1. The quantitative estimate of drug-likeness (QED) is 0.592. The number of benzene rings is 1. The van der Waals surface area contributed by atoms with Gasteiger partial charge in [0.15, 0.2) is 0 Å². The fourth-order valence-electron chi connectivity index (χ4n) is 2.31. The highest BCUT2D eigenvalue weighted by Crippen LogP contribution is 2.13. The molecule has 5 nitrogen and oxygen atoms in total. The average Bonchev–Trinajstić information content (AvgIpc) is 2.84. The number of fused-ring (bicyclic) bond motifs is 1. The van der Waals surface area contributed by atoms with E-state index in [1.807, 2.05) is 37.4 Å². The predicted octanol–water partition coefficient (Wildman–Crippen LogP) is 3.37. The van der Waals surface area contributed by atoms with Crippen molar-refractivity contribution in [1.82, 2.24) is 14.8 Å². The Balaban J connectivity index is 1.82. The summed E-state index contributed by atoms with van der Waals surface area (Å²) in [6.45, 7) is 3.77. The van der Waals surface area contributed by atoms with Gasteiger partial charge in [0.2, 0.25) is 0 Å². The molecule has 1 aromatic carbocycles. The number of pyridine rings is 1. The Kier molecular flexibility index (Phi) is 4.12. The Hall–Kier alpha value is -2.66. The Bertz CT molecular complexity index is 897. The molecule has 0 saturated heterocycles. The Labute approximate surface area is 138 Å². The Morgan fingerprint density at radius 2 is 1.96 bits per heavy atom. The maximum Gasteiger partial charge on any atom is 0.290 e. The zero-order valence-electron chi connectivity index (χ0n) is 12.7. The van der Waals surface area contributed by atoms with Gasteiger partial charge in [0.25, 0.3) is 5.91 Å². The summed E-state index contributed by atoms with van der Waals surface area (Å²) in [5.74, 6) is -0.300. The number of aromatic nitrogens is 2. The third kappa shape index (κ3) is 3.24. The van der Waals surface area contributed by atoms with E-state index in [1.54, 1.807) is 29.7 Å². The fourth-order valence-corrected chi connectivity index (χ4v) is 2.44. The van der Waals surface area contributed by atoms with Gasteiger partial charge in [-0.3, -0.25) is 9.20 Å². The minimum Gasteiger partial charge on any atom is -0.295 e. The topological polar surface area (TPSA) is 58.8 Å². The third-order valence-electron chi connectivity index (χ3n) is 3.41. The van der Waals surface area contributed by atoms with Crippen molar-refractivity contribution in [3.63, 3.8) is 0 Å². The van der Waals surface area contributed by atoms with E-state index in [-0.39, 0.29) is 5.91 Å². The summed E-state index contributed by atoms with van der Waals surface area (Å²) in [5.41, 5.74) is 6.32. The van der Waals surface area contributed by atoms with Gasteiger partial charge >= 0.3 is 0 Å². The van der Waals surface area contributed by atoms with Gasteiger partial charge in [-0.15, -0.1) is 0 Å². The number of aryl methyl sites for hydroxylation is 2. The molecule has 116 valence electrons. The Morgan fingerprint density at radius 1 is 1.22 bits per heavy atom. The number of hydrogen-bond donors (Lipinski definition) is 1. The van der Waals surface area contributed by atoms with Crippen LogP contribution < -0.4 is 5.43 Å². The molecular formula is C17H15ClN4O. The van der Waals surface area contributed by atoms with Crippen molar-refractivity contribution >= 4 is 29.4 Å². The Morgan fingerprint density at radius 3 is 2.70 bits per heavy atom. The summed E-state index contributed by atoms with van der Waals surface area (Å²) >= 11 is 5.83. The maximum absolute atomic E-state index is 12.4. The molecule has 0 aliphatic rings. The minimum absolute atomic E-state index is 0.300. The number of imidazole rings is 1. The van der Waals surface area contributed by atoms with Crippen LogP contribution in [0.3, 0.4) is 0 Å². The molecule has 0 aliphatic heterocycles. The summed E-state index contributed by atoms with van der Waals surface area (Å²) in [6.07, 6.45) is 3.45. The van der Waals surface area contributed by atoms with E-state index in [1.165, 1.54) is 0 Å². The van der Waals surface area contributed by atoms with Crippen LogP contribution >= 0.6 is 11.6 Å². The molecule has 0 atom stereocenters. The monoisotopic (exact) mass is 326 g/mol. The maximum atomic E-state index is 12.4. The number of nitrogens with one attached hydrogen (secondary N) is 1. The fraction of sp³-hybridized carbons (Fsp3) is 0.118. The molecule has 0 fully saturated rings. The lowest BCUT2D eigenvalue weighted by atomic mass is 10.2. The van der Waals surface area contributed by atoms with Crippen molar-refractivity contribution < 1.29 is 4.79 Å². The molecule has 3 rings (SSSR count). The number of amides is 1. The van der Waals surface area contributed by atoms with Gasteiger partial charge in [0.1, 0.15) is 11.3 Å². The largest absolute Gasteiger partial charge is 0.295 e. The predicted molar refractivity (Wildman–Crippen MR) is 91.2 cm³/mol. The molecule has 0 bridgehead atoms. The van der Waals surface area contributed by atoms with Crippen LogP contribution in [0.25, 0.3) is 5.65 Å². The van der Waals surface area contributed by atoms with Gasteiger partial charge in [-0.1, -0.05) is 29.8 Å². The van der Waals surface area contributed by atoms with Gasteiger partial charge in [-0.2, -0.15) is 5.10 Å². The third-order valence-corrected chi connectivity index (χ3v) is 3.66. The van der Waals surface area contributed by atoms with Crippen molar-refractivity contribution in [2.75, 3.05) is 0 Å². The number of carbonyl (C=O) groups is 1. The van der Waals surface area contributed by atoms with E-state index in [4.69, 9.17) is 11.6 Å². The van der Waals surface area contributed by atoms with Gasteiger partial charge in [-0.05, 0) is 43.2 Å². The summed E-state index contributed by atoms with van der Waals surface area (Å²) < 4.78 is 1.78. The molecule has 1 N–H and O–H groups in total. The summed E-state index contributed by atoms with van der Waals surface area (Å²) in [7, 11) is 0. The van der Waals surface area contributed by atoms with Gasteiger partial charge < -0.3 is 0 Å². The number of hydrazone groups is 1. The van der Waals surface area contributed by atoms with Crippen molar-refractivity contribution in [2.45, 2.75) is 13.8 Å². The second-order valence-corrected chi connectivity index (χ2v) is 5.67. The molecule has 3 aromatic rings. The molecule has 23 heavy (non-hydrogen) atoms. The van der Waals surface area contributed by atoms with E-state index in [2.05, 4.69) is 15.5 Å². The standard InChI is InChI=1S/C17H15ClN4O/c1-11-3-8-15-20-12(2)16(22(15)10-11)17(23)21-19-9-13-4-6-14(18)7-5-13/h3-10H,1-2H3,(H,21,23)/b19-9-. The smallest absolute Gasteiger partial charge is 0.290 e. The first-order chi connectivity index (χ1) is 11.0. The number of rotatable bonds is 3. The van der Waals surface area contributed by atoms with Gasteiger partial charge in [0, 0.05) is 11.2 Å². The van der Waals surface area contributed by atoms with Crippen LogP contribution in [0, 0.1) is 13.8 Å². The second kappa shape index (κ2) is 6.22. The number of carbonyl (C=O) groups excluding carboxylic acids is 1. The summed E-state index contributed by atoms with van der Waals surface area (Å²) in [6, 6.07) is 11.0. The number of halogens is 1. The molecule has 0 spiro atoms. The van der Waals surface area contributed by atoms with Crippen molar-refractivity contribution in [2.24, 2.45) is 5.10 Å². The average molecular weight is 327 g/mol. The van der Waals surface area contributed by atoms with Crippen LogP contribution in [-0.2, 0) is 0 Å². The molecule has 2 heterocycles. The molecule has 0 unspecified atom stereocenters. The van der Waals surface area contributed by atoms with Crippen molar-refractivity contribution in [1.29, 1.82) is 0 Å². The lowest BCUT2D eigenvalue weighted by Gasteiger charge is -2.02. The summed E-state index contributed by atoms with van der Waals surface area (Å²) in [4.78, 5) is 16.8. The molecule has 0 saturated carbocycles. The summed E-state index contributed by atoms with van der Waals surface area (Å²) in [5, 5.41) is 4.64. The highest BCUT2D eigenvalue weighted by molar-refractivity contribution is 6.30. The van der Waals surface area contributed by atoms with Crippen LogP contribution in [0.15, 0.2) is 47.7 Å². The highest BCUT2D eigenvalue weighted by atomic mass is 35.5. The van der Waals surface area contributed by atoms with E-state index < -0.39 is 0 Å². The van der Waals surface area contributed by atoms with Crippen LogP contribution in [0.5, 0.6) is 0 Å². The molecule has 0 aliphatic carbocycles. The van der Waals surface area contributed by atoms with Crippen LogP contribution in [-0.4, -0.2) is 21.5 Å². The lowest BCUT2D eigenvalue weighted by molar-refractivity contribution is 0.0948. The zero-order chi connectivity index (χ0) is 16.4. The first-order valence-electron chi connectivity index (χ1n) is 7.09. The van der Waals surface area contributed by atoms with E-state index in [0.717, 1.165) is 16.8 Å². The van der Waals surface area contributed by atoms with E-state index in [0.29, 0.717) is 16.4 Å². The molecule has 2 aromatic heterocycles. The molecule has 0 radical (unpaired) electrons. The number of hydrogen-bond acceptors (Lipinski definition) is 3. The minimum atomic E-state index is -0.300. The van der Waals surface area contributed by atoms with Gasteiger partial charge in [-0.25, -0.2) is 10.4 Å². The molecular weight excluding hydrogens is 312 g/mol. The van der Waals surface area contributed by atoms with Crippen molar-refractivity contribution in [3.05, 3.63) is 70.1 Å². The van der Waals surface area contributed by atoms with Crippen LogP contribution in [0.2, 0.25) is 5.02 Å².